The third kappa shape index (κ3) is 4.45. The molecule has 2 rings (SSSR count). The van der Waals surface area contributed by atoms with Crippen LogP contribution in [0.2, 0.25) is 0 Å². The molecule has 0 aliphatic carbocycles. The van der Waals surface area contributed by atoms with Crippen molar-refractivity contribution in [1.29, 1.82) is 0 Å². The molecule has 2 N–H and O–H groups in total. The van der Waals surface area contributed by atoms with E-state index >= 15 is 0 Å². The molecule has 0 saturated carbocycles. The Balaban J connectivity index is 1.79. The van der Waals surface area contributed by atoms with Crippen molar-refractivity contribution < 1.29 is 9.90 Å². The fourth-order valence-electron chi connectivity index (χ4n) is 3.47. The fraction of sp³-hybridized carbons (Fsp3) is 0.875. The molecule has 2 heterocycles. The first-order valence-corrected chi connectivity index (χ1v) is 8.16. The fourth-order valence-corrected chi connectivity index (χ4v) is 3.47. The Hall–Kier alpha value is -0.610. The van der Waals surface area contributed by atoms with Crippen molar-refractivity contribution in [3.63, 3.8) is 0 Å². The highest BCUT2D eigenvalue weighted by molar-refractivity contribution is 5.76. The van der Waals surface area contributed by atoms with E-state index in [9.17, 15) is 9.90 Å². The number of likely N-dealkylation sites (tertiary alicyclic amines) is 1. The molecular formula is C16H29N2O2. The Labute approximate surface area is 122 Å². The number of carbonyl (C=O) groups is 1. The van der Waals surface area contributed by atoms with Crippen LogP contribution in [0.25, 0.3) is 0 Å². The first-order chi connectivity index (χ1) is 9.70. The van der Waals surface area contributed by atoms with Gasteiger partial charge in [0.05, 0.1) is 6.10 Å². The largest absolute Gasteiger partial charge is 0.393 e. The monoisotopic (exact) mass is 281 g/mol. The maximum atomic E-state index is 12.4. The van der Waals surface area contributed by atoms with E-state index < -0.39 is 0 Å². The lowest BCUT2D eigenvalue weighted by Gasteiger charge is -2.36. The minimum Gasteiger partial charge on any atom is -0.393 e. The van der Waals surface area contributed by atoms with Crippen molar-refractivity contribution in [3.8, 4) is 0 Å². The van der Waals surface area contributed by atoms with Crippen LogP contribution in [0.1, 0.15) is 44.9 Å². The molecule has 4 heteroatoms. The lowest BCUT2D eigenvalue weighted by Crippen LogP contribution is -2.44. The molecule has 2 fully saturated rings. The van der Waals surface area contributed by atoms with Crippen LogP contribution < -0.4 is 5.32 Å². The highest BCUT2D eigenvalue weighted by atomic mass is 16.3. The van der Waals surface area contributed by atoms with E-state index in [1.54, 1.807) is 0 Å². The Bertz CT molecular complexity index is 303. The van der Waals surface area contributed by atoms with Gasteiger partial charge in [-0.2, -0.15) is 0 Å². The number of aliphatic hydroxyl groups is 1. The average molecular weight is 281 g/mol. The van der Waals surface area contributed by atoms with Crippen LogP contribution >= 0.6 is 0 Å². The number of piperidine rings is 2. The van der Waals surface area contributed by atoms with Gasteiger partial charge in [-0.15, -0.1) is 0 Å². The number of carbonyl (C=O) groups excluding carboxylic acids is 1. The molecule has 2 unspecified atom stereocenters. The molecule has 0 aromatic heterocycles. The van der Waals surface area contributed by atoms with Gasteiger partial charge in [0, 0.05) is 25.4 Å². The number of nitrogens with zero attached hydrogens (tertiary/aromatic N) is 1. The molecule has 0 aromatic rings. The minimum absolute atomic E-state index is 0.249. The van der Waals surface area contributed by atoms with E-state index in [2.05, 4.69) is 12.2 Å². The predicted octanol–water partition coefficient (Wildman–Crippen LogP) is 1.59. The zero-order chi connectivity index (χ0) is 14.4. The Morgan fingerprint density at radius 2 is 2.25 bits per heavy atom. The third-order valence-corrected chi connectivity index (χ3v) is 4.72. The first kappa shape index (κ1) is 15.8. The highest BCUT2D eigenvalue weighted by Gasteiger charge is 2.29. The third-order valence-electron chi connectivity index (χ3n) is 4.72. The average Bonchev–Trinajstić information content (AvgIpc) is 2.48. The van der Waals surface area contributed by atoms with E-state index in [0.717, 1.165) is 51.9 Å². The summed E-state index contributed by atoms with van der Waals surface area (Å²) in [6.07, 6.45) is 6.30. The van der Waals surface area contributed by atoms with Crippen molar-refractivity contribution in [1.82, 2.24) is 10.2 Å². The van der Waals surface area contributed by atoms with Gasteiger partial charge in [0.1, 0.15) is 0 Å². The Kier molecular flexibility index (Phi) is 6.30. The quantitative estimate of drug-likeness (QED) is 0.804. The Morgan fingerprint density at radius 1 is 1.40 bits per heavy atom. The number of rotatable bonds is 5. The van der Waals surface area contributed by atoms with Gasteiger partial charge in [0.25, 0.3) is 0 Å². The molecule has 115 valence electrons. The summed E-state index contributed by atoms with van der Waals surface area (Å²) in [6, 6.07) is 0. The highest BCUT2D eigenvalue weighted by Crippen LogP contribution is 2.24. The summed E-state index contributed by atoms with van der Waals surface area (Å²) in [5.74, 6) is 1.03. The maximum Gasteiger partial charge on any atom is 0.222 e. The van der Waals surface area contributed by atoms with E-state index in [-0.39, 0.29) is 17.9 Å². The van der Waals surface area contributed by atoms with Gasteiger partial charge in [-0.05, 0) is 51.1 Å². The predicted molar refractivity (Wildman–Crippen MR) is 80.1 cm³/mol. The molecule has 2 aliphatic heterocycles. The lowest BCUT2D eigenvalue weighted by molar-refractivity contribution is -0.135. The van der Waals surface area contributed by atoms with Crippen molar-refractivity contribution in [3.05, 3.63) is 6.92 Å². The molecule has 2 saturated heterocycles. The molecular weight excluding hydrogens is 252 g/mol. The van der Waals surface area contributed by atoms with Crippen molar-refractivity contribution in [2.45, 2.75) is 51.0 Å². The maximum absolute atomic E-state index is 12.4. The van der Waals surface area contributed by atoms with Crippen LogP contribution in [0.4, 0.5) is 0 Å². The SMILES string of the molecule is [CH2]CCC(O)[C@@H]1CCCN(C(=O)CC2CCCNC2)C1. The van der Waals surface area contributed by atoms with Crippen LogP contribution in [0.15, 0.2) is 0 Å². The van der Waals surface area contributed by atoms with Crippen LogP contribution in [-0.4, -0.2) is 48.2 Å². The van der Waals surface area contributed by atoms with E-state index in [4.69, 9.17) is 0 Å². The normalized spacial score (nSPS) is 29.2. The molecule has 2 aliphatic rings. The number of hydrogen-bond acceptors (Lipinski definition) is 3. The zero-order valence-corrected chi connectivity index (χ0v) is 12.5. The van der Waals surface area contributed by atoms with Crippen LogP contribution in [0.3, 0.4) is 0 Å². The van der Waals surface area contributed by atoms with Crippen molar-refractivity contribution in [2.75, 3.05) is 26.2 Å². The van der Waals surface area contributed by atoms with Gasteiger partial charge in [0.15, 0.2) is 0 Å². The lowest BCUT2D eigenvalue weighted by atomic mass is 9.89. The molecule has 1 amide bonds. The standard InChI is InChI=1S/C16H29N2O2/c1-2-5-15(19)14-7-4-9-18(12-14)16(20)10-13-6-3-8-17-11-13/h13-15,17,19H,1-12H2/t13?,14-,15?/m1/s1. The second-order valence-corrected chi connectivity index (χ2v) is 6.37. The summed E-state index contributed by atoms with van der Waals surface area (Å²) < 4.78 is 0. The zero-order valence-electron chi connectivity index (χ0n) is 12.5. The number of nitrogens with one attached hydrogen (secondary N) is 1. The van der Waals surface area contributed by atoms with Crippen LogP contribution in [0, 0.1) is 18.8 Å². The topological polar surface area (TPSA) is 52.6 Å². The van der Waals surface area contributed by atoms with Gasteiger partial charge < -0.3 is 15.3 Å². The second-order valence-electron chi connectivity index (χ2n) is 6.37. The van der Waals surface area contributed by atoms with Crippen molar-refractivity contribution in [2.24, 2.45) is 11.8 Å². The number of hydrogen-bond donors (Lipinski definition) is 2. The number of amides is 1. The summed E-state index contributed by atoms with van der Waals surface area (Å²) in [7, 11) is 0. The summed E-state index contributed by atoms with van der Waals surface area (Å²) in [4.78, 5) is 14.4. The first-order valence-electron chi connectivity index (χ1n) is 8.16. The molecule has 0 bridgehead atoms. The van der Waals surface area contributed by atoms with E-state index in [0.29, 0.717) is 12.3 Å². The summed E-state index contributed by atoms with van der Waals surface area (Å²) in [5, 5.41) is 13.5. The molecule has 20 heavy (non-hydrogen) atoms. The van der Waals surface area contributed by atoms with Gasteiger partial charge in [-0.25, -0.2) is 0 Å². The molecule has 3 atom stereocenters. The summed E-state index contributed by atoms with van der Waals surface area (Å²) >= 11 is 0. The van der Waals surface area contributed by atoms with Crippen LogP contribution in [-0.2, 0) is 4.79 Å². The summed E-state index contributed by atoms with van der Waals surface area (Å²) in [5.41, 5.74) is 0. The van der Waals surface area contributed by atoms with Gasteiger partial charge in [-0.1, -0.05) is 13.3 Å². The van der Waals surface area contributed by atoms with Crippen LogP contribution in [0.5, 0.6) is 0 Å². The van der Waals surface area contributed by atoms with Gasteiger partial charge in [-0.3, -0.25) is 4.79 Å². The smallest absolute Gasteiger partial charge is 0.222 e. The van der Waals surface area contributed by atoms with E-state index in [1.165, 1.54) is 12.8 Å². The molecule has 1 radical (unpaired) electrons. The molecule has 0 spiro atoms. The van der Waals surface area contributed by atoms with Crippen molar-refractivity contribution >= 4 is 5.91 Å². The summed E-state index contributed by atoms with van der Waals surface area (Å²) in [6.45, 7) is 7.48. The van der Waals surface area contributed by atoms with E-state index in [1.807, 2.05) is 4.90 Å². The number of aliphatic hydroxyl groups excluding tert-OH is 1. The van der Waals surface area contributed by atoms with Gasteiger partial charge >= 0.3 is 0 Å². The minimum atomic E-state index is -0.292. The second kappa shape index (κ2) is 7.99. The molecule has 0 aromatic carbocycles. The Morgan fingerprint density at radius 3 is 2.95 bits per heavy atom. The molecule has 4 nitrogen and oxygen atoms in total. The van der Waals surface area contributed by atoms with Gasteiger partial charge in [0.2, 0.25) is 5.91 Å².